The average molecular weight is 311 g/mol. The molecule has 1 heterocycles. The summed E-state index contributed by atoms with van der Waals surface area (Å²) < 4.78 is 5.57. The molecule has 21 heavy (non-hydrogen) atoms. The summed E-state index contributed by atoms with van der Waals surface area (Å²) in [6.07, 6.45) is 0.829. The first-order valence-corrected chi connectivity index (χ1v) is 6.95. The van der Waals surface area contributed by atoms with Crippen LogP contribution in [0.3, 0.4) is 0 Å². The Bertz CT molecular complexity index is 576. The van der Waals surface area contributed by atoms with Crippen LogP contribution in [0.2, 0.25) is 0 Å². The van der Waals surface area contributed by atoms with Crippen LogP contribution in [-0.2, 0) is 0 Å². The highest BCUT2D eigenvalue weighted by Gasteiger charge is 2.27. The number of nitrogens with two attached hydrogens (primary N) is 1. The van der Waals surface area contributed by atoms with Gasteiger partial charge in [0, 0.05) is 11.9 Å². The van der Waals surface area contributed by atoms with Crippen molar-refractivity contribution in [2.75, 3.05) is 6.54 Å². The third-order valence-corrected chi connectivity index (χ3v) is 3.37. The fraction of sp³-hybridized carbons (Fsp3) is 0.438. The quantitative estimate of drug-likeness (QED) is 0.890. The van der Waals surface area contributed by atoms with Gasteiger partial charge in [-0.1, -0.05) is 32.0 Å². The standard InChI is InChI=1S/C16H22N2O2.ClH/c1-11(2)9-16(3,10-17)18-15(19)14-8-12-6-4-5-7-13(12)20-14;/h4-8,11H,9-10,17H2,1-3H3,(H,18,19);1H. The van der Waals surface area contributed by atoms with E-state index in [2.05, 4.69) is 19.2 Å². The second-order valence-corrected chi connectivity index (χ2v) is 5.97. The minimum Gasteiger partial charge on any atom is -0.451 e. The van der Waals surface area contributed by atoms with E-state index in [1.807, 2.05) is 31.2 Å². The van der Waals surface area contributed by atoms with Crippen molar-refractivity contribution in [1.82, 2.24) is 5.32 Å². The molecule has 2 aromatic rings. The molecule has 1 aromatic heterocycles. The molecule has 5 heteroatoms. The van der Waals surface area contributed by atoms with Gasteiger partial charge in [-0.15, -0.1) is 12.4 Å². The maximum atomic E-state index is 12.3. The van der Waals surface area contributed by atoms with Gasteiger partial charge in [0.15, 0.2) is 5.76 Å². The lowest BCUT2D eigenvalue weighted by Crippen LogP contribution is -2.52. The summed E-state index contributed by atoms with van der Waals surface area (Å²) in [5.41, 5.74) is 6.12. The Balaban J connectivity index is 0.00000220. The molecular weight excluding hydrogens is 288 g/mol. The molecule has 1 aromatic carbocycles. The molecule has 0 spiro atoms. The van der Waals surface area contributed by atoms with Gasteiger partial charge in [-0.25, -0.2) is 0 Å². The number of furan rings is 1. The molecule has 0 bridgehead atoms. The van der Waals surface area contributed by atoms with Crippen molar-refractivity contribution in [3.63, 3.8) is 0 Å². The summed E-state index contributed by atoms with van der Waals surface area (Å²) in [6.45, 7) is 6.59. The van der Waals surface area contributed by atoms with Gasteiger partial charge in [-0.2, -0.15) is 0 Å². The van der Waals surface area contributed by atoms with Gasteiger partial charge in [-0.05, 0) is 31.4 Å². The van der Waals surface area contributed by atoms with E-state index in [9.17, 15) is 4.79 Å². The van der Waals surface area contributed by atoms with Crippen LogP contribution in [-0.4, -0.2) is 18.0 Å². The second-order valence-electron chi connectivity index (χ2n) is 5.97. The van der Waals surface area contributed by atoms with Crippen LogP contribution in [0.25, 0.3) is 11.0 Å². The average Bonchev–Trinajstić information content (AvgIpc) is 2.81. The minimum atomic E-state index is -0.412. The number of para-hydroxylation sites is 1. The SMILES string of the molecule is CC(C)CC(C)(CN)NC(=O)c1cc2ccccc2o1.Cl. The third kappa shape index (κ3) is 4.22. The zero-order valence-electron chi connectivity index (χ0n) is 12.7. The van der Waals surface area contributed by atoms with E-state index in [4.69, 9.17) is 10.2 Å². The van der Waals surface area contributed by atoms with Crippen LogP contribution < -0.4 is 11.1 Å². The van der Waals surface area contributed by atoms with Crippen molar-refractivity contribution < 1.29 is 9.21 Å². The van der Waals surface area contributed by atoms with Crippen LogP contribution in [0.1, 0.15) is 37.7 Å². The number of rotatable bonds is 5. The zero-order chi connectivity index (χ0) is 14.8. The van der Waals surface area contributed by atoms with Crippen molar-refractivity contribution in [3.05, 3.63) is 36.1 Å². The number of hydrogen-bond acceptors (Lipinski definition) is 3. The van der Waals surface area contributed by atoms with Gasteiger partial charge in [0.05, 0.1) is 5.54 Å². The Morgan fingerprint density at radius 2 is 2.05 bits per heavy atom. The first-order chi connectivity index (χ1) is 9.43. The Hall–Kier alpha value is -1.52. The van der Waals surface area contributed by atoms with E-state index in [-0.39, 0.29) is 18.3 Å². The Labute approximate surface area is 131 Å². The Morgan fingerprint density at radius 3 is 2.62 bits per heavy atom. The number of carbonyl (C=O) groups is 1. The van der Waals surface area contributed by atoms with Crippen LogP contribution in [0.15, 0.2) is 34.7 Å². The fourth-order valence-corrected chi connectivity index (χ4v) is 2.52. The molecule has 116 valence electrons. The highest BCUT2D eigenvalue weighted by Crippen LogP contribution is 2.21. The summed E-state index contributed by atoms with van der Waals surface area (Å²) in [5.74, 6) is 0.573. The second kappa shape index (κ2) is 6.96. The van der Waals surface area contributed by atoms with Crippen molar-refractivity contribution in [1.29, 1.82) is 0 Å². The number of halogens is 1. The highest BCUT2D eigenvalue weighted by atomic mass is 35.5. The van der Waals surface area contributed by atoms with E-state index in [0.29, 0.717) is 18.2 Å². The molecule has 1 amide bonds. The monoisotopic (exact) mass is 310 g/mol. The maximum absolute atomic E-state index is 12.3. The van der Waals surface area contributed by atoms with Crippen LogP contribution in [0.5, 0.6) is 0 Å². The largest absolute Gasteiger partial charge is 0.451 e. The predicted molar refractivity (Wildman–Crippen MR) is 87.8 cm³/mol. The first-order valence-electron chi connectivity index (χ1n) is 6.95. The Kier molecular flexibility index (Phi) is 5.81. The first kappa shape index (κ1) is 17.5. The topological polar surface area (TPSA) is 68.3 Å². The van der Waals surface area contributed by atoms with E-state index in [0.717, 1.165) is 17.4 Å². The lowest BCUT2D eigenvalue weighted by molar-refractivity contribution is 0.0872. The van der Waals surface area contributed by atoms with Crippen LogP contribution >= 0.6 is 12.4 Å². The lowest BCUT2D eigenvalue weighted by atomic mass is 9.90. The fourth-order valence-electron chi connectivity index (χ4n) is 2.52. The van der Waals surface area contributed by atoms with Gasteiger partial charge < -0.3 is 15.5 Å². The molecule has 0 saturated heterocycles. The maximum Gasteiger partial charge on any atom is 0.287 e. The molecule has 2 rings (SSSR count). The summed E-state index contributed by atoms with van der Waals surface area (Å²) in [7, 11) is 0. The molecule has 4 nitrogen and oxygen atoms in total. The van der Waals surface area contributed by atoms with Crippen molar-refractivity contribution in [2.45, 2.75) is 32.7 Å². The number of amides is 1. The van der Waals surface area contributed by atoms with Crippen LogP contribution in [0, 0.1) is 5.92 Å². The molecule has 3 N–H and O–H groups in total. The molecular formula is C16H23ClN2O2. The molecule has 0 aliphatic heterocycles. The summed E-state index contributed by atoms with van der Waals surface area (Å²) >= 11 is 0. The predicted octanol–water partition coefficient (Wildman–Crippen LogP) is 3.35. The smallest absolute Gasteiger partial charge is 0.287 e. The van der Waals surface area contributed by atoms with Gasteiger partial charge in [-0.3, -0.25) is 4.79 Å². The van der Waals surface area contributed by atoms with Gasteiger partial charge in [0.1, 0.15) is 5.58 Å². The molecule has 0 aliphatic rings. The Morgan fingerprint density at radius 1 is 1.38 bits per heavy atom. The summed E-state index contributed by atoms with van der Waals surface area (Å²) in [4.78, 5) is 12.3. The normalized spacial score (nSPS) is 13.8. The third-order valence-electron chi connectivity index (χ3n) is 3.37. The molecule has 0 saturated carbocycles. The summed E-state index contributed by atoms with van der Waals surface area (Å²) in [6, 6.07) is 9.34. The van der Waals surface area contributed by atoms with Crippen molar-refractivity contribution in [3.8, 4) is 0 Å². The van der Waals surface area contributed by atoms with Crippen LogP contribution in [0.4, 0.5) is 0 Å². The van der Waals surface area contributed by atoms with E-state index >= 15 is 0 Å². The number of fused-ring (bicyclic) bond motifs is 1. The molecule has 1 unspecified atom stereocenters. The van der Waals surface area contributed by atoms with E-state index in [1.54, 1.807) is 6.07 Å². The molecule has 0 fully saturated rings. The number of benzene rings is 1. The number of carbonyl (C=O) groups excluding carboxylic acids is 1. The number of nitrogens with one attached hydrogen (secondary N) is 1. The van der Waals surface area contributed by atoms with Gasteiger partial charge >= 0.3 is 0 Å². The highest BCUT2D eigenvalue weighted by molar-refractivity contribution is 5.96. The van der Waals surface area contributed by atoms with E-state index in [1.165, 1.54) is 0 Å². The minimum absolute atomic E-state index is 0. The van der Waals surface area contributed by atoms with Crippen molar-refractivity contribution >= 4 is 29.3 Å². The lowest BCUT2D eigenvalue weighted by Gasteiger charge is -2.30. The van der Waals surface area contributed by atoms with Crippen molar-refractivity contribution in [2.24, 2.45) is 11.7 Å². The van der Waals surface area contributed by atoms with Gasteiger partial charge in [0.2, 0.25) is 0 Å². The number of hydrogen-bond donors (Lipinski definition) is 2. The molecule has 0 radical (unpaired) electrons. The summed E-state index contributed by atoms with van der Waals surface area (Å²) in [5, 5.41) is 3.92. The molecule has 0 aliphatic carbocycles. The van der Waals surface area contributed by atoms with Gasteiger partial charge in [0.25, 0.3) is 5.91 Å². The zero-order valence-corrected chi connectivity index (χ0v) is 13.5. The van der Waals surface area contributed by atoms with E-state index < -0.39 is 5.54 Å². The molecule has 1 atom stereocenters.